The molecule has 4 heterocycles. The van der Waals surface area contributed by atoms with E-state index in [2.05, 4.69) is 24.6 Å². The summed E-state index contributed by atoms with van der Waals surface area (Å²) in [5.74, 6) is 2.49. The molecule has 1 aliphatic rings. The highest BCUT2D eigenvalue weighted by molar-refractivity contribution is 7.99. The van der Waals surface area contributed by atoms with Gasteiger partial charge < -0.3 is 10.1 Å². The van der Waals surface area contributed by atoms with Crippen LogP contribution in [-0.4, -0.2) is 45.1 Å². The van der Waals surface area contributed by atoms with Crippen molar-refractivity contribution in [2.75, 3.05) is 18.4 Å². The standard InChI is InChI=1S/C23H23N7O3S3.ClH/c24-36(31,32)30-12-9-16(10-13-30)21-27-23(35-29-21)28-22-19(33-17-6-2-1-3-7-17)14-18(15-26-22)34-20-8-4-5-11-25-20;/h1-8,11,14-16H,9-10,12-13H2,(H2,24,31,32)(H,26,27,28,29);1H. The Kier molecular flexibility index (Phi) is 8.95. The van der Waals surface area contributed by atoms with Gasteiger partial charge >= 0.3 is 0 Å². The number of nitrogens with one attached hydrogen (secondary N) is 1. The van der Waals surface area contributed by atoms with Crippen LogP contribution in [0.5, 0.6) is 11.5 Å². The fraction of sp³-hybridized carbons (Fsp3) is 0.217. The molecule has 194 valence electrons. The van der Waals surface area contributed by atoms with E-state index >= 15 is 0 Å². The number of hydrogen-bond acceptors (Lipinski definition) is 10. The van der Waals surface area contributed by atoms with E-state index in [1.165, 1.54) is 27.6 Å². The van der Waals surface area contributed by atoms with Gasteiger partial charge in [-0.15, -0.1) is 12.4 Å². The molecule has 0 amide bonds. The first-order valence-electron chi connectivity index (χ1n) is 11.1. The van der Waals surface area contributed by atoms with E-state index in [1.54, 1.807) is 12.4 Å². The smallest absolute Gasteiger partial charge is 0.276 e. The molecule has 0 spiro atoms. The number of halogens is 1. The van der Waals surface area contributed by atoms with Gasteiger partial charge in [-0.3, -0.25) is 0 Å². The lowest BCUT2D eigenvalue weighted by atomic mass is 9.98. The number of nitrogens with two attached hydrogens (primary N) is 1. The average Bonchev–Trinajstić information content (AvgIpc) is 3.35. The Labute approximate surface area is 229 Å². The van der Waals surface area contributed by atoms with Gasteiger partial charge in [-0.2, -0.15) is 17.1 Å². The number of pyridine rings is 2. The molecule has 37 heavy (non-hydrogen) atoms. The summed E-state index contributed by atoms with van der Waals surface area (Å²) in [6.07, 6.45) is 4.74. The number of para-hydroxylation sites is 1. The summed E-state index contributed by atoms with van der Waals surface area (Å²) < 4.78 is 35.1. The van der Waals surface area contributed by atoms with Crippen LogP contribution in [0.3, 0.4) is 0 Å². The lowest BCUT2D eigenvalue weighted by molar-refractivity contribution is 0.315. The van der Waals surface area contributed by atoms with E-state index in [0.29, 0.717) is 54.2 Å². The molecule has 1 aliphatic heterocycles. The third kappa shape index (κ3) is 7.15. The summed E-state index contributed by atoms with van der Waals surface area (Å²) in [6.45, 7) is 0.717. The molecule has 0 radical (unpaired) electrons. The second-order valence-electron chi connectivity index (χ2n) is 8.00. The Hall–Kier alpha value is -2.81. The lowest BCUT2D eigenvalue weighted by Gasteiger charge is -2.28. The SMILES string of the molecule is Cl.NS(=O)(=O)N1CCC(c2nsc(Nc3ncc(Sc4ccccn4)cc3Oc3ccccc3)n2)CC1. The number of rotatable bonds is 8. The van der Waals surface area contributed by atoms with Crippen LogP contribution < -0.4 is 15.2 Å². The number of piperidine rings is 1. The number of aromatic nitrogens is 4. The molecular formula is C23H24ClN7O3S3. The van der Waals surface area contributed by atoms with Gasteiger partial charge in [-0.05, 0) is 37.1 Å². The molecule has 1 aromatic carbocycles. The Balaban J connectivity index is 0.00000320. The van der Waals surface area contributed by atoms with Crippen LogP contribution in [-0.2, 0) is 10.2 Å². The fourth-order valence-electron chi connectivity index (χ4n) is 3.72. The van der Waals surface area contributed by atoms with E-state index in [0.717, 1.165) is 9.92 Å². The number of nitrogens with zero attached hydrogens (tertiary/aromatic N) is 5. The highest BCUT2D eigenvalue weighted by atomic mass is 35.5. The van der Waals surface area contributed by atoms with Crippen LogP contribution in [0.15, 0.2) is 76.9 Å². The Morgan fingerprint density at radius 2 is 1.84 bits per heavy atom. The van der Waals surface area contributed by atoms with Crippen LogP contribution in [0, 0.1) is 0 Å². The van der Waals surface area contributed by atoms with Crippen LogP contribution in [0.1, 0.15) is 24.6 Å². The summed E-state index contributed by atoms with van der Waals surface area (Å²) in [4.78, 5) is 14.5. The number of anilines is 2. The monoisotopic (exact) mass is 577 g/mol. The number of hydrogen-bond donors (Lipinski definition) is 2. The summed E-state index contributed by atoms with van der Waals surface area (Å²) in [5, 5.41) is 9.91. The van der Waals surface area contributed by atoms with Gasteiger partial charge in [-0.25, -0.2) is 20.1 Å². The molecule has 10 nitrogen and oxygen atoms in total. The van der Waals surface area contributed by atoms with E-state index in [4.69, 9.17) is 9.88 Å². The van der Waals surface area contributed by atoms with Gasteiger partial charge in [0.2, 0.25) is 5.13 Å². The second-order valence-corrected chi connectivity index (χ2v) is 11.4. The molecule has 0 atom stereocenters. The van der Waals surface area contributed by atoms with Gasteiger partial charge in [-0.1, -0.05) is 36.0 Å². The van der Waals surface area contributed by atoms with Crippen LogP contribution in [0.2, 0.25) is 0 Å². The van der Waals surface area contributed by atoms with E-state index in [1.807, 2.05) is 54.6 Å². The maximum Gasteiger partial charge on any atom is 0.276 e. The van der Waals surface area contributed by atoms with Gasteiger partial charge in [0.1, 0.15) is 16.6 Å². The quantitative estimate of drug-likeness (QED) is 0.302. The summed E-state index contributed by atoms with van der Waals surface area (Å²) in [7, 11) is -3.67. The predicted molar refractivity (Wildman–Crippen MR) is 146 cm³/mol. The molecule has 0 saturated carbocycles. The number of benzene rings is 1. The molecule has 0 bridgehead atoms. The van der Waals surface area contributed by atoms with E-state index in [-0.39, 0.29) is 18.3 Å². The van der Waals surface area contributed by atoms with Crippen LogP contribution in [0.4, 0.5) is 10.9 Å². The maximum absolute atomic E-state index is 11.6. The minimum absolute atomic E-state index is 0. The van der Waals surface area contributed by atoms with Crippen molar-refractivity contribution >= 4 is 56.9 Å². The topological polar surface area (TPSA) is 136 Å². The second kappa shape index (κ2) is 12.2. The summed E-state index contributed by atoms with van der Waals surface area (Å²) >= 11 is 2.72. The molecule has 1 fully saturated rings. The van der Waals surface area contributed by atoms with Gasteiger partial charge in [0.25, 0.3) is 10.2 Å². The molecule has 5 rings (SSSR count). The third-order valence-corrected chi connectivity index (χ3v) is 8.14. The number of ether oxygens (including phenoxy) is 1. The summed E-state index contributed by atoms with van der Waals surface area (Å²) in [5.41, 5.74) is 0. The molecule has 3 aromatic heterocycles. The molecular weight excluding hydrogens is 554 g/mol. The highest BCUT2D eigenvalue weighted by Gasteiger charge is 2.28. The zero-order valence-corrected chi connectivity index (χ0v) is 22.7. The molecule has 0 unspecified atom stereocenters. The van der Waals surface area contributed by atoms with Crippen molar-refractivity contribution in [3.63, 3.8) is 0 Å². The first kappa shape index (κ1) is 27.2. The maximum atomic E-state index is 11.6. The first-order valence-corrected chi connectivity index (χ1v) is 14.2. The fourth-order valence-corrected chi connectivity index (χ4v) is 5.86. The van der Waals surface area contributed by atoms with Crippen molar-refractivity contribution in [1.82, 2.24) is 23.6 Å². The minimum atomic E-state index is -3.67. The zero-order valence-electron chi connectivity index (χ0n) is 19.4. The van der Waals surface area contributed by atoms with Crippen molar-refractivity contribution in [2.45, 2.75) is 28.7 Å². The molecule has 14 heteroatoms. The Morgan fingerprint density at radius 1 is 1.08 bits per heavy atom. The zero-order chi connectivity index (χ0) is 25.0. The van der Waals surface area contributed by atoms with E-state index in [9.17, 15) is 8.42 Å². The first-order chi connectivity index (χ1) is 17.4. The third-order valence-electron chi connectivity index (χ3n) is 5.50. The van der Waals surface area contributed by atoms with Crippen molar-refractivity contribution in [3.8, 4) is 11.5 Å². The van der Waals surface area contributed by atoms with Crippen molar-refractivity contribution in [1.29, 1.82) is 0 Å². The Bertz CT molecular complexity index is 1420. The van der Waals surface area contributed by atoms with Crippen LogP contribution >= 0.6 is 35.7 Å². The highest BCUT2D eigenvalue weighted by Crippen LogP contribution is 2.36. The van der Waals surface area contributed by atoms with Gasteiger partial charge in [0.15, 0.2) is 11.6 Å². The lowest BCUT2D eigenvalue weighted by Crippen LogP contribution is -2.41. The molecule has 0 aliphatic carbocycles. The molecule has 1 saturated heterocycles. The average molecular weight is 578 g/mol. The predicted octanol–water partition coefficient (Wildman–Crippen LogP) is 4.82. The Morgan fingerprint density at radius 3 is 2.54 bits per heavy atom. The van der Waals surface area contributed by atoms with Crippen LogP contribution in [0.25, 0.3) is 0 Å². The molecule has 3 N–H and O–H groups in total. The summed E-state index contributed by atoms with van der Waals surface area (Å²) in [6, 6.07) is 17.1. The minimum Gasteiger partial charge on any atom is -0.453 e. The van der Waals surface area contributed by atoms with Crippen molar-refractivity contribution in [3.05, 3.63) is 72.8 Å². The van der Waals surface area contributed by atoms with Crippen molar-refractivity contribution in [2.24, 2.45) is 5.14 Å². The van der Waals surface area contributed by atoms with Gasteiger partial charge in [0, 0.05) is 53.9 Å². The van der Waals surface area contributed by atoms with Gasteiger partial charge in [0.05, 0.1) is 0 Å². The normalized spacial score (nSPS) is 14.6. The van der Waals surface area contributed by atoms with E-state index < -0.39 is 10.2 Å². The van der Waals surface area contributed by atoms with Crippen molar-refractivity contribution < 1.29 is 13.2 Å². The molecule has 4 aromatic rings. The largest absolute Gasteiger partial charge is 0.453 e.